The molecule has 7 nitrogen and oxygen atoms in total. The summed E-state index contributed by atoms with van der Waals surface area (Å²) in [6.45, 7) is 2.48. The highest BCUT2D eigenvalue weighted by atomic mass is 35.5. The summed E-state index contributed by atoms with van der Waals surface area (Å²) in [6, 6.07) is 15.7. The molecule has 168 valence electrons. The van der Waals surface area contributed by atoms with Crippen LogP contribution < -0.4 is 10.2 Å². The monoisotopic (exact) mass is 461 g/mol. The van der Waals surface area contributed by atoms with Crippen molar-refractivity contribution >= 4 is 40.1 Å². The number of anilines is 1. The Morgan fingerprint density at radius 3 is 2.85 bits per heavy atom. The highest BCUT2D eigenvalue weighted by molar-refractivity contribution is 6.31. The number of aromatic nitrogens is 2. The lowest BCUT2D eigenvalue weighted by Gasteiger charge is -2.44. The molecular formula is C25H24ClN5O2. The van der Waals surface area contributed by atoms with Crippen molar-refractivity contribution in [3.05, 3.63) is 58.9 Å². The Morgan fingerprint density at radius 1 is 1.30 bits per heavy atom. The zero-order valence-corrected chi connectivity index (χ0v) is 19.1. The average Bonchev–Trinajstić information content (AvgIpc) is 3.21. The Hall–Kier alpha value is -3.37. The molecule has 0 radical (unpaired) electrons. The minimum atomic E-state index is -0.593. The number of benzene rings is 2. The van der Waals surface area contributed by atoms with Crippen LogP contribution in [-0.4, -0.2) is 27.4 Å². The van der Waals surface area contributed by atoms with Crippen molar-refractivity contribution < 1.29 is 9.59 Å². The molecule has 1 aliphatic carbocycles. The summed E-state index contributed by atoms with van der Waals surface area (Å²) in [5.41, 5.74) is 3.05. The van der Waals surface area contributed by atoms with Gasteiger partial charge < -0.3 is 14.8 Å². The van der Waals surface area contributed by atoms with Gasteiger partial charge in [0.2, 0.25) is 11.8 Å². The molecule has 0 saturated heterocycles. The molecule has 2 aliphatic rings. The number of halogens is 1. The first-order valence-corrected chi connectivity index (χ1v) is 11.5. The number of nitrogens with zero attached hydrogens (tertiary/aromatic N) is 4. The van der Waals surface area contributed by atoms with E-state index in [-0.39, 0.29) is 17.9 Å². The van der Waals surface area contributed by atoms with Crippen molar-refractivity contribution in [2.45, 2.75) is 57.2 Å². The number of carbonyl (C=O) groups excluding carboxylic acids is 2. The summed E-state index contributed by atoms with van der Waals surface area (Å²) in [5, 5.41) is 12.5. The molecule has 3 aromatic rings. The third-order valence-corrected chi connectivity index (χ3v) is 6.96. The molecule has 2 heterocycles. The Morgan fingerprint density at radius 2 is 2.09 bits per heavy atom. The largest absolute Gasteiger partial charge is 0.354 e. The number of aryl methyl sites for hydroxylation is 1. The van der Waals surface area contributed by atoms with Crippen molar-refractivity contribution in [2.75, 3.05) is 4.90 Å². The zero-order chi connectivity index (χ0) is 23.2. The van der Waals surface area contributed by atoms with E-state index in [1.165, 1.54) is 6.92 Å². The van der Waals surface area contributed by atoms with Crippen LogP contribution in [0.5, 0.6) is 0 Å². The number of nitrogens with one attached hydrogen (secondary N) is 1. The van der Waals surface area contributed by atoms with Gasteiger partial charge in [-0.2, -0.15) is 5.26 Å². The molecule has 0 bridgehead atoms. The van der Waals surface area contributed by atoms with E-state index in [1.807, 2.05) is 47.4 Å². The molecule has 33 heavy (non-hydrogen) atoms. The van der Waals surface area contributed by atoms with Crippen LogP contribution in [0, 0.1) is 11.3 Å². The number of carbonyl (C=O) groups is 2. The molecule has 1 aromatic heterocycles. The summed E-state index contributed by atoms with van der Waals surface area (Å²) in [7, 11) is 0. The Bertz CT molecular complexity index is 1300. The number of imidazole rings is 1. The first-order valence-electron chi connectivity index (χ1n) is 11.1. The summed E-state index contributed by atoms with van der Waals surface area (Å²) >= 11 is 6.19. The number of nitriles is 1. The fourth-order valence-corrected chi connectivity index (χ4v) is 5.47. The van der Waals surface area contributed by atoms with Crippen LogP contribution in [-0.2, 0) is 28.1 Å². The van der Waals surface area contributed by atoms with Gasteiger partial charge in [-0.3, -0.25) is 9.59 Å². The van der Waals surface area contributed by atoms with Crippen LogP contribution in [0.4, 0.5) is 5.69 Å². The topological polar surface area (TPSA) is 91.0 Å². The van der Waals surface area contributed by atoms with Crippen LogP contribution >= 0.6 is 11.6 Å². The number of rotatable bonds is 6. The molecule has 1 aliphatic heterocycles. The normalized spacial score (nSPS) is 21.2. The van der Waals surface area contributed by atoms with Gasteiger partial charge in [0.25, 0.3) is 0 Å². The van der Waals surface area contributed by atoms with E-state index >= 15 is 0 Å². The van der Waals surface area contributed by atoms with E-state index in [2.05, 4.69) is 16.0 Å². The van der Waals surface area contributed by atoms with Gasteiger partial charge in [0.05, 0.1) is 29.1 Å². The van der Waals surface area contributed by atoms with Crippen molar-refractivity contribution in [3.63, 3.8) is 0 Å². The summed E-state index contributed by atoms with van der Waals surface area (Å²) < 4.78 is 2.09. The van der Waals surface area contributed by atoms with Gasteiger partial charge in [0.1, 0.15) is 5.82 Å². The molecule has 2 amide bonds. The van der Waals surface area contributed by atoms with Gasteiger partial charge in [-0.15, -0.1) is 0 Å². The molecule has 1 N–H and O–H groups in total. The molecule has 0 atom stereocenters. The first kappa shape index (κ1) is 21.5. The Labute approximate surface area is 197 Å². The molecule has 0 unspecified atom stereocenters. The second kappa shape index (κ2) is 8.20. The summed E-state index contributed by atoms with van der Waals surface area (Å²) in [6.07, 6.45) is 2.36. The third-order valence-electron chi connectivity index (χ3n) is 6.72. The smallest absolute Gasteiger partial charge is 0.238 e. The van der Waals surface area contributed by atoms with E-state index in [9.17, 15) is 9.59 Å². The predicted octanol–water partition coefficient (Wildman–Crippen LogP) is 4.08. The van der Waals surface area contributed by atoms with Crippen molar-refractivity contribution in [1.82, 2.24) is 14.9 Å². The van der Waals surface area contributed by atoms with Crippen LogP contribution in [0.25, 0.3) is 11.0 Å². The molecule has 2 aromatic carbocycles. The second-order valence-corrected chi connectivity index (χ2v) is 9.31. The molecular weight excluding hydrogens is 438 g/mol. The van der Waals surface area contributed by atoms with Gasteiger partial charge in [-0.25, -0.2) is 4.98 Å². The van der Waals surface area contributed by atoms with Gasteiger partial charge in [-0.1, -0.05) is 29.8 Å². The minimum absolute atomic E-state index is 0.0113. The van der Waals surface area contributed by atoms with Crippen molar-refractivity contribution in [2.24, 2.45) is 0 Å². The van der Waals surface area contributed by atoms with Crippen LogP contribution in [0.15, 0.2) is 42.5 Å². The maximum absolute atomic E-state index is 13.8. The lowest BCUT2D eigenvalue weighted by molar-refractivity contribution is -0.129. The van der Waals surface area contributed by atoms with E-state index in [0.717, 1.165) is 28.1 Å². The number of hydrogen-bond acceptors (Lipinski definition) is 4. The van der Waals surface area contributed by atoms with E-state index in [1.54, 1.807) is 0 Å². The van der Waals surface area contributed by atoms with Gasteiger partial charge in [0, 0.05) is 36.6 Å². The number of hydrogen-bond donors (Lipinski definition) is 1. The minimum Gasteiger partial charge on any atom is -0.354 e. The predicted molar refractivity (Wildman–Crippen MR) is 126 cm³/mol. The van der Waals surface area contributed by atoms with Crippen molar-refractivity contribution in [1.29, 1.82) is 5.26 Å². The van der Waals surface area contributed by atoms with E-state index < -0.39 is 5.41 Å². The lowest BCUT2D eigenvalue weighted by Crippen LogP contribution is -2.57. The maximum atomic E-state index is 13.8. The number of unbranched alkanes of at least 4 members (excludes halogenated alkanes) is 1. The number of fused-ring (bicyclic) bond motifs is 3. The molecule has 5 rings (SSSR count). The van der Waals surface area contributed by atoms with Gasteiger partial charge >= 0.3 is 0 Å². The van der Waals surface area contributed by atoms with E-state index in [0.29, 0.717) is 43.8 Å². The Kier molecular flexibility index (Phi) is 5.34. The quantitative estimate of drug-likeness (QED) is 0.560. The second-order valence-electron chi connectivity index (χ2n) is 8.87. The van der Waals surface area contributed by atoms with Gasteiger partial charge in [-0.05, 0) is 49.1 Å². The number of amides is 2. The fourth-order valence-electron chi connectivity index (χ4n) is 5.30. The summed E-state index contributed by atoms with van der Waals surface area (Å²) in [4.78, 5) is 31.9. The fraction of sp³-hybridized carbons (Fsp3) is 0.360. The molecule has 1 fully saturated rings. The lowest BCUT2D eigenvalue weighted by atomic mass is 9.62. The molecule has 1 spiro atoms. The Balaban J connectivity index is 1.49. The summed E-state index contributed by atoms with van der Waals surface area (Å²) in [5.74, 6) is 0.747. The molecule has 1 saturated carbocycles. The van der Waals surface area contributed by atoms with E-state index in [4.69, 9.17) is 21.8 Å². The average molecular weight is 462 g/mol. The van der Waals surface area contributed by atoms with Gasteiger partial charge in [0.15, 0.2) is 0 Å². The SMILES string of the molecule is CC(=O)NC1CC2(C1)C(=O)N(Cc1nc3cc(Cl)ccc3n1CCCC#N)c1ccccc12. The third kappa shape index (κ3) is 3.55. The first-order chi connectivity index (χ1) is 15.9. The maximum Gasteiger partial charge on any atom is 0.238 e. The highest BCUT2D eigenvalue weighted by Crippen LogP contribution is 2.53. The number of para-hydroxylation sites is 1. The zero-order valence-electron chi connectivity index (χ0n) is 18.3. The van der Waals surface area contributed by atoms with Crippen molar-refractivity contribution in [3.8, 4) is 6.07 Å². The molecule has 8 heteroatoms. The van der Waals surface area contributed by atoms with Crippen LogP contribution in [0.1, 0.15) is 44.0 Å². The van der Waals surface area contributed by atoms with Crippen LogP contribution in [0.3, 0.4) is 0 Å². The standard InChI is InChI=1S/C25H24ClN5O2/c1-16(32)28-18-13-25(14-18)19-6-2-3-7-21(19)31(24(25)33)15-23-29-20-12-17(26)8-9-22(20)30(23)11-5-4-10-27/h2-3,6-9,12,18H,4-5,11,13-15H2,1H3,(H,28,32). The van der Waals surface area contributed by atoms with Crippen LogP contribution in [0.2, 0.25) is 5.02 Å². The highest BCUT2D eigenvalue weighted by Gasteiger charge is 2.58.